The van der Waals surface area contributed by atoms with Gasteiger partial charge in [-0.2, -0.15) is 13.2 Å². The van der Waals surface area contributed by atoms with E-state index in [1.54, 1.807) is 12.1 Å². The highest BCUT2D eigenvalue weighted by Crippen LogP contribution is 2.34. The van der Waals surface area contributed by atoms with Crippen LogP contribution in [0.2, 0.25) is 4.34 Å². The van der Waals surface area contributed by atoms with Crippen molar-refractivity contribution in [1.82, 2.24) is 9.55 Å². The van der Waals surface area contributed by atoms with Gasteiger partial charge in [-0.05, 0) is 24.3 Å². The maximum atomic E-state index is 12.9. The van der Waals surface area contributed by atoms with Crippen molar-refractivity contribution in [2.45, 2.75) is 6.18 Å². The Balaban J connectivity index is 2.36. The summed E-state index contributed by atoms with van der Waals surface area (Å²) in [6.07, 6.45) is -4.53. The summed E-state index contributed by atoms with van der Waals surface area (Å²) >= 11 is 6.91. The van der Waals surface area contributed by atoms with Crippen molar-refractivity contribution < 1.29 is 13.2 Å². The second kappa shape index (κ2) is 4.39. The van der Waals surface area contributed by atoms with E-state index in [4.69, 9.17) is 11.6 Å². The summed E-state index contributed by atoms with van der Waals surface area (Å²) in [5, 5.41) is 0.463. The minimum atomic E-state index is -4.53. The van der Waals surface area contributed by atoms with Crippen LogP contribution in [0, 0.1) is 0 Å². The highest BCUT2D eigenvalue weighted by atomic mass is 35.5. The lowest BCUT2D eigenvalue weighted by Gasteiger charge is -2.07. The summed E-state index contributed by atoms with van der Waals surface area (Å²) in [4.78, 5) is 14.2. The Hall–Kier alpha value is -1.73. The fourth-order valence-corrected chi connectivity index (χ4v) is 3.05. The van der Waals surface area contributed by atoms with Crippen LogP contribution in [0.3, 0.4) is 0 Å². The van der Waals surface area contributed by atoms with Gasteiger partial charge in [0.15, 0.2) is 0 Å². The SMILES string of the molecule is O=c1[nH]c2c(C(F)(F)F)cccc2n1-c1ccc(Cl)s1. The third-order valence-corrected chi connectivity index (χ3v) is 4.02. The molecule has 8 heteroatoms. The maximum absolute atomic E-state index is 12.9. The van der Waals surface area contributed by atoms with Crippen molar-refractivity contribution in [3.05, 3.63) is 50.7 Å². The minimum absolute atomic E-state index is 0.170. The Morgan fingerprint density at radius 2 is 1.95 bits per heavy atom. The van der Waals surface area contributed by atoms with Crippen LogP contribution in [0.4, 0.5) is 13.2 Å². The number of halogens is 4. The van der Waals surface area contributed by atoms with Crippen LogP contribution < -0.4 is 5.69 Å². The summed E-state index contributed by atoms with van der Waals surface area (Å²) in [5.41, 5.74) is -1.55. The summed E-state index contributed by atoms with van der Waals surface area (Å²) in [7, 11) is 0. The summed E-state index contributed by atoms with van der Waals surface area (Å²) < 4.78 is 40.4. The standard InChI is InChI=1S/C12H6ClF3N2OS/c13-8-4-5-9(20-8)18-7-3-1-2-6(12(14,15)16)10(7)17-11(18)19/h1-5H,(H,17,19). The van der Waals surface area contributed by atoms with Crippen molar-refractivity contribution in [2.75, 3.05) is 0 Å². The van der Waals surface area contributed by atoms with Gasteiger partial charge in [-0.15, -0.1) is 11.3 Å². The van der Waals surface area contributed by atoms with E-state index < -0.39 is 17.4 Å². The molecule has 0 fully saturated rings. The van der Waals surface area contributed by atoms with Crippen LogP contribution in [0.1, 0.15) is 5.56 Å². The molecule has 0 saturated heterocycles. The first-order valence-electron chi connectivity index (χ1n) is 5.44. The molecular weight excluding hydrogens is 313 g/mol. The largest absolute Gasteiger partial charge is 0.418 e. The summed E-state index contributed by atoms with van der Waals surface area (Å²) in [6.45, 7) is 0. The average Bonchev–Trinajstić information content (AvgIpc) is 2.89. The zero-order chi connectivity index (χ0) is 14.5. The topological polar surface area (TPSA) is 37.8 Å². The number of H-pyrrole nitrogens is 1. The molecule has 0 radical (unpaired) electrons. The van der Waals surface area contributed by atoms with Crippen LogP contribution >= 0.6 is 22.9 Å². The van der Waals surface area contributed by atoms with Crippen LogP contribution in [-0.4, -0.2) is 9.55 Å². The number of aromatic amines is 1. The van der Waals surface area contributed by atoms with E-state index in [1.165, 1.54) is 16.7 Å². The quantitative estimate of drug-likeness (QED) is 0.722. The van der Waals surface area contributed by atoms with Gasteiger partial charge in [-0.25, -0.2) is 4.79 Å². The number of hydrogen-bond donors (Lipinski definition) is 1. The molecule has 1 aromatic carbocycles. The first-order valence-corrected chi connectivity index (χ1v) is 6.64. The maximum Gasteiger partial charge on any atom is 0.418 e. The first kappa shape index (κ1) is 13.3. The molecule has 2 aromatic heterocycles. The van der Waals surface area contributed by atoms with E-state index >= 15 is 0 Å². The number of imidazole rings is 1. The zero-order valence-corrected chi connectivity index (χ0v) is 11.2. The molecule has 1 N–H and O–H groups in total. The predicted octanol–water partition coefficient (Wildman–Crippen LogP) is 4.05. The second-order valence-electron chi connectivity index (χ2n) is 4.04. The number of hydrogen-bond acceptors (Lipinski definition) is 2. The van der Waals surface area contributed by atoms with E-state index in [1.807, 2.05) is 0 Å². The normalized spacial score (nSPS) is 12.2. The highest BCUT2D eigenvalue weighted by molar-refractivity contribution is 7.18. The zero-order valence-electron chi connectivity index (χ0n) is 9.66. The molecule has 0 unspecified atom stereocenters. The number of rotatable bonds is 1. The summed E-state index contributed by atoms with van der Waals surface area (Å²) in [5.74, 6) is 0. The molecule has 3 aromatic rings. The van der Waals surface area contributed by atoms with E-state index in [2.05, 4.69) is 4.98 Å². The molecule has 0 aliphatic heterocycles. The number of nitrogens with zero attached hydrogens (tertiary/aromatic N) is 1. The lowest BCUT2D eigenvalue weighted by Crippen LogP contribution is -2.13. The molecule has 0 amide bonds. The third-order valence-electron chi connectivity index (χ3n) is 2.80. The van der Waals surface area contributed by atoms with E-state index in [0.717, 1.165) is 17.4 Å². The van der Waals surface area contributed by atoms with Gasteiger partial charge in [0.25, 0.3) is 0 Å². The van der Waals surface area contributed by atoms with Crippen molar-refractivity contribution in [1.29, 1.82) is 0 Å². The van der Waals surface area contributed by atoms with Gasteiger partial charge in [-0.3, -0.25) is 4.57 Å². The third kappa shape index (κ3) is 2.03. The molecule has 2 heterocycles. The second-order valence-corrected chi connectivity index (χ2v) is 5.73. The number of nitrogens with one attached hydrogen (secondary N) is 1. The average molecular weight is 319 g/mol. The highest BCUT2D eigenvalue weighted by Gasteiger charge is 2.33. The van der Waals surface area contributed by atoms with Gasteiger partial charge in [0.05, 0.1) is 20.9 Å². The van der Waals surface area contributed by atoms with Crippen LogP contribution in [0.5, 0.6) is 0 Å². The smallest absolute Gasteiger partial charge is 0.305 e. The molecule has 0 bridgehead atoms. The van der Waals surface area contributed by atoms with Gasteiger partial charge in [0.1, 0.15) is 5.00 Å². The minimum Gasteiger partial charge on any atom is -0.305 e. The Kier molecular flexibility index (Phi) is 2.91. The van der Waals surface area contributed by atoms with Crippen molar-refractivity contribution in [2.24, 2.45) is 0 Å². The Morgan fingerprint density at radius 3 is 2.55 bits per heavy atom. The van der Waals surface area contributed by atoms with Gasteiger partial charge in [0.2, 0.25) is 0 Å². The van der Waals surface area contributed by atoms with Crippen LogP contribution in [0.15, 0.2) is 35.1 Å². The molecule has 0 aliphatic carbocycles. The molecular formula is C12H6ClF3N2OS. The lowest BCUT2D eigenvalue weighted by molar-refractivity contribution is -0.136. The first-order chi connectivity index (χ1) is 9.38. The Labute approximate surface area is 119 Å². The molecule has 0 saturated carbocycles. The Morgan fingerprint density at radius 1 is 1.20 bits per heavy atom. The van der Waals surface area contributed by atoms with Crippen LogP contribution in [-0.2, 0) is 6.18 Å². The molecule has 0 aliphatic rings. The molecule has 3 nitrogen and oxygen atoms in total. The monoisotopic (exact) mass is 318 g/mol. The van der Waals surface area contributed by atoms with Crippen molar-refractivity contribution in [3.8, 4) is 5.00 Å². The van der Waals surface area contributed by atoms with Crippen LogP contribution in [0.25, 0.3) is 16.0 Å². The molecule has 104 valence electrons. The Bertz CT molecular complexity index is 846. The van der Waals surface area contributed by atoms with Crippen molar-refractivity contribution >= 4 is 34.0 Å². The fourth-order valence-electron chi connectivity index (χ4n) is 2.01. The van der Waals surface area contributed by atoms with Gasteiger partial charge in [-0.1, -0.05) is 17.7 Å². The molecule has 0 atom stereocenters. The van der Waals surface area contributed by atoms with Gasteiger partial charge in [0, 0.05) is 0 Å². The predicted molar refractivity (Wildman–Crippen MR) is 71.8 cm³/mol. The number of fused-ring (bicyclic) bond motifs is 1. The number of alkyl halides is 3. The fraction of sp³-hybridized carbons (Fsp3) is 0.0833. The van der Waals surface area contributed by atoms with Crippen molar-refractivity contribution in [3.63, 3.8) is 0 Å². The summed E-state index contributed by atoms with van der Waals surface area (Å²) in [6, 6.07) is 6.83. The number of benzene rings is 1. The van der Waals surface area contributed by atoms with Gasteiger partial charge >= 0.3 is 11.9 Å². The number of aromatic nitrogens is 2. The number of thiophene rings is 1. The van der Waals surface area contributed by atoms with E-state index in [-0.39, 0.29) is 11.0 Å². The lowest BCUT2D eigenvalue weighted by atomic mass is 10.2. The van der Waals surface area contributed by atoms with E-state index in [9.17, 15) is 18.0 Å². The van der Waals surface area contributed by atoms with Gasteiger partial charge < -0.3 is 4.98 Å². The molecule has 3 rings (SSSR count). The molecule has 20 heavy (non-hydrogen) atoms. The van der Waals surface area contributed by atoms with E-state index in [0.29, 0.717) is 9.34 Å². The number of para-hydroxylation sites is 1. The molecule has 0 spiro atoms.